The van der Waals surface area contributed by atoms with Crippen LogP contribution in [0.25, 0.3) is 0 Å². The first-order chi connectivity index (χ1) is 25.3. The molecule has 0 unspecified atom stereocenters. The Morgan fingerprint density at radius 3 is 1.39 bits per heavy atom. The molecule has 1 aromatic heterocycles. The van der Waals surface area contributed by atoms with Crippen LogP contribution in [0.5, 0.6) is 0 Å². The molecule has 1 aliphatic heterocycles. The van der Waals surface area contributed by atoms with Crippen molar-refractivity contribution in [2.24, 2.45) is 0 Å². The Morgan fingerprint density at radius 2 is 0.922 bits per heavy atom. The summed E-state index contributed by atoms with van der Waals surface area (Å²) in [6.45, 7) is 2.86. The fourth-order valence-electron chi connectivity index (χ4n) is 6.79. The van der Waals surface area contributed by atoms with Gasteiger partial charge in [0.05, 0.1) is 45.1 Å². The van der Waals surface area contributed by atoms with Gasteiger partial charge in [-0.05, 0) is 27.8 Å². The van der Waals surface area contributed by atoms with Crippen LogP contribution in [-0.2, 0) is 51.9 Å². The normalized spacial score (nSPS) is 20.7. The van der Waals surface area contributed by atoms with Crippen molar-refractivity contribution in [3.63, 3.8) is 0 Å². The summed E-state index contributed by atoms with van der Waals surface area (Å²) < 4.78 is 27.8. The summed E-state index contributed by atoms with van der Waals surface area (Å²) in [6.07, 6.45) is 0.637. The molecule has 260 valence electrons. The van der Waals surface area contributed by atoms with Crippen molar-refractivity contribution >= 4 is 11.3 Å². The van der Waals surface area contributed by atoms with Crippen molar-refractivity contribution in [2.75, 3.05) is 6.61 Å². The molecule has 0 N–H and O–H groups in total. The third-order valence-corrected chi connectivity index (χ3v) is 10.1. The Balaban J connectivity index is 1.31. The lowest BCUT2D eigenvalue weighted by molar-refractivity contribution is -0.233. The quantitative estimate of drug-likeness (QED) is 0.101. The Kier molecular flexibility index (Phi) is 12.4. The Bertz CT molecular complexity index is 1830. The molecule has 1 aliphatic rings. The highest BCUT2D eigenvalue weighted by Crippen LogP contribution is 2.42. The van der Waals surface area contributed by atoms with Crippen LogP contribution in [0.3, 0.4) is 0 Å². The Morgan fingerprint density at radius 1 is 0.490 bits per heavy atom. The number of ether oxygens (including phenoxy) is 4. The van der Waals surface area contributed by atoms with E-state index < -0.39 is 18.3 Å². The van der Waals surface area contributed by atoms with Gasteiger partial charge < -0.3 is 18.9 Å². The highest BCUT2D eigenvalue weighted by molar-refractivity contribution is 7.09. The van der Waals surface area contributed by atoms with Crippen LogP contribution in [0.4, 0.5) is 0 Å². The number of hydrogen-bond acceptors (Lipinski definition) is 7. The smallest absolute Gasteiger partial charge is 0.114 e. The van der Waals surface area contributed by atoms with Gasteiger partial charge in [0, 0.05) is 18.1 Å². The SMILES string of the molecule is c1ccc(COC[C@H]2[C@H](OCc3ccccc3)[C@H](OCc3ccccc3)[C@@H](OCc3ccccc3)[C@H](c3nccs3)N2Cc2ccccc2)cc1. The lowest BCUT2D eigenvalue weighted by Gasteiger charge is -2.52. The van der Waals surface area contributed by atoms with E-state index >= 15 is 0 Å². The first-order valence-electron chi connectivity index (χ1n) is 17.6. The lowest BCUT2D eigenvalue weighted by Crippen LogP contribution is -2.65. The molecule has 2 heterocycles. The number of benzene rings is 5. The average molecular weight is 697 g/mol. The van der Waals surface area contributed by atoms with Crippen LogP contribution in [-0.4, -0.2) is 40.8 Å². The molecule has 0 radical (unpaired) electrons. The third kappa shape index (κ3) is 9.45. The molecule has 1 fully saturated rings. The molecule has 7 rings (SSSR count). The van der Waals surface area contributed by atoms with E-state index in [1.54, 1.807) is 11.3 Å². The minimum Gasteiger partial charge on any atom is -0.375 e. The highest BCUT2D eigenvalue weighted by Gasteiger charge is 2.53. The summed E-state index contributed by atoms with van der Waals surface area (Å²) in [4.78, 5) is 7.42. The highest BCUT2D eigenvalue weighted by atomic mass is 32.1. The van der Waals surface area contributed by atoms with Crippen LogP contribution in [0.15, 0.2) is 163 Å². The van der Waals surface area contributed by atoms with Crippen LogP contribution < -0.4 is 0 Å². The standard InChI is InChI=1S/C44H44N2O4S/c1-6-16-34(17-7-1)28-46-39(33-47-29-35-18-8-2-9-19-35)41(48-30-36-20-10-3-11-21-36)43(50-32-38-24-14-5-15-25-38)42(40(46)44-45-26-27-51-44)49-31-37-22-12-4-13-23-37/h1-27,39-43H,28-33H2/t39-,40+,41-,42-,43-/m0/s1. The zero-order valence-electron chi connectivity index (χ0n) is 28.7. The molecule has 1 saturated heterocycles. The summed E-state index contributed by atoms with van der Waals surface area (Å²) in [6, 6.07) is 51.5. The number of thiazole rings is 1. The maximum atomic E-state index is 7.06. The van der Waals surface area contributed by atoms with Gasteiger partial charge >= 0.3 is 0 Å². The van der Waals surface area contributed by atoms with E-state index in [9.17, 15) is 0 Å². The fraction of sp³-hybridized carbons (Fsp3) is 0.250. The van der Waals surface area contributed by atoms with Crippen molar-refractivity contribution < 1.29 is 18.9 Å². The maximum Gasteiger partial charge on any atom is 0.114 e. The van der Waals surface area contributed by atoms with Gasteiger partial charge in [-0.2, -0.15) is 0 Å². The van der Waals surface area contributed by atoms with Crippen molar-refractivity contribution in [2.45, 2.75) is 63.4 Å². The molecule has 0 bridgehead atoms. The van der Waals surface area contributed by atoms with Crippen LogP contribution in [0, 0.1) is 0 Å². The van der Waals surface area contributed by atoms with Gasteiger partial charge in [0.15, 0.2) is 0 Å². The number of rotatable bonds is 16. The Hall–Kier alpha value is -4.47. The molecular weight excluding hydrogens is 653 g/mol. The van der Waals surface area contributed by atoms with E-state index in [0.29, 0.717) is 39.6 Å². The van der Waals surface area contributed by atoms with Crippen LogP contribution in [0.1, 0.15) is 38.9 Å². The molecule has 6 aromatic rings. The second kappa shape index (κ2) is 18.1. The molecule has 5 atom stereocenters. The predicted octanol–water partition coefficient (Wildman–Crippen LogP) is 9.04. The lowest BCUT2D eigenvalue weighted by atomic mass is 9.86. The van der Waals surface area contributed by atoms with Crippen LogP contribution in [0.2, 0.25) is 0 Å². The largest absolute Gasteiger partial charge is 0.375 e. The topological polar surface area (TPSA) is 53.1 Å². The van der Waals surface area contributed by atoms with Gasteiger partial charge in [0.1, 0.15) is 23.3 Å². The van der Waals surface area contributed by atoms with Crippen molar-refractivity contribution in [1.29, 1.82) is 0 Å². The second-order valence-corrected chi connectivity index (χ2v) is 13.8. The zero-order valence-corrected chi connectivity index (χ0v) is 29.5. The van der Waals surface area contributed by atoms with Gasteiger partial charge in [-0.25, -0.2) is 4.98 Å². The molecule has 0 saturated carbocycles. The summed E-state index contributed by atoms with van der Waals surface area (Å²) in [5.41, 5.74) is 5.61. The van der Waals surface area contributed by atoms with E-state index in [0.717, 1.165) is 27.3 Å². The average Bonchev–Trinajstić information content (AvgIpc) is 3.73. The number of hydrogen-bond donors (Lipinski definition) is 0. The molecular formula is C44H44N2O4S. The van der Waals surface area contributed by atoms with E-state index in [-0.39, 0.29) is 12.1 Å². The molecule has 7 heteroatoms. The van der Waals surface area contributed by atoms with Crippen molar-refractivity contribution in [3.8, 4) is 0 Å². The van der Waals surface area contributed by atoms with Gasteiger partial charge in [-0.3, -0.25) is 4.90 Å². The van der Waals surface area contributed by atoms with Gasteiger partial charge in [-0.1, -0.05) is 152 Å². The van der Waals surface area contributed by atoms with E-state index in [1.807, 2.05) is 60.1 Å². The molecule has 6 nitrogen and oxygen atoms in total. The first-order valence-corrected chi connectivity index (χ1v) is 18.5. The van der Waals surface area contributed by atoms with Gasteiger partial charge in [0.2, 0.25) is 0 Å². The molecule has 0 amide bonds. The molecule has 0 aliphatic carbocycles. The first kappa shape index (κ1) is 35.0. The predicted molar refractivity (Wildman–Crippen MR) is 202 cm³/mol. The monoisotopic (exact) mass is 696 g/mol. The summed E-state index contributed by atoms with van der Waals surface area (Å²) in [7, 11) is 0. The van der Waals surface area contributed by atoms with Crippen LogP contribution >= 0.6 is 11.3 Å². The fourth-order valence-corrected chi connectivity index (χ4v) is 7.58. The van der Waals surface area contributed by atoms with Crippen molar-refractivity contribution in [3.05, 3.63) is 196 Å². The summed E-state index contributed by atoms with van der Waals surface area (Å²) in [5, 5.41) is 3.02. The number of aromatic nitrogens is 1. The second-order valence-electron chi connectivity index (χ2n) is 12.8. The van der Waals surface area contributed by atoms with E-state index in [1.165, 1.54) is 5.56 Å². The van der Waals surface area contributed by atoms with E-state index in [2.05, 4.69) is 108 Å². The summed E-state index contributed by atoms with van der Waals surface area (Å²) >= 11 is 1.65. The Labute approximate surface area is 305 Å². The van der Waals surface area contributed by atoms with Gasteiger partial charge in [0.25, 0.3) is 0 Å². The van der Waals surface area contributed by atoms with Gasteiger partial charge in [-0.15, -0.1) is 11.3 Å². The summed E-state index contributed by atoms with van der Waals surface area (Å²) in [5.74, 6) is 0. The third-order valence-electron chi connectivity index (χ3n) is 9.29. The van der Waals surface area contributed by atoms with E-state index in [4.69, 9.17) is 23.9 Å². The maximum absolute atomic E-state index is 7.06. The zero-order chi connectivity index (χ0) is 34.5. The number of likely N-dealkylation sites (tertiary alicyclic amines) is 1. The minimum absolute atomic E-state index is 0.191. The molecule has 0 spiro atoms. The minimum atomic E-state index is -0.441. The number of piperidine rings is 1. The number of nitrogens with zero attached hydrogens (tertiary/aromatic N) is 2. The molecule has 51 heavy (non-hydrogen) atoms. The van der Waals surface area contributed by atoms with Crippen molar-refractivity contribution in [1.82, 2.24) is 9.88 Å². The molecule has 5 aromatic carbocycles.